The van der Waals surface area contributed by atoms with Gasteiger partial charge in [0.25, 0.3) is 0 Å². The molecule has 0 fully saturated rings. The van der Waals surface area contributed by atoms with Crippen LogP contribution in [0.5, 0.6) is 0 Å². The van der Waals surface area contributed by atoms with E-state index in [0.29, 0.717) is 0 Å². The van der Waals surface area contributed by atoms with Crippen molar-refractivity contribution in [3.8, 4) is 0 Å². The zero-order chi connectivity index (χ0) is 12.1. The number of rotatable bonds is 4. The highest BCUT2D eigenvalue weighted by Crippen LogP contribution is 2.11. The number of hydrogen-bond acceptors (Lipinski definition) is 2. The van der Waals surface area contributed by atoms with Gasteiger partial charge in [-0.1, -0.05) is 13.0 Å². The van der Waals surface area contributed by atoms with E-state index in [4.69, 9.17) is 5.73 Å². The number of halogens is 2. The lowest BCUT2D eigenvalue weighted by Crippen LogP contribution is -2.33. The molecule has 88 valence electrons. The number of benzene rings is 1. The molecule has 0 heterocycles. The maximum atomic E-state index is 13.2. The number of nitrogens with one attached hydrogen (secondary N) is 1. The smallest absolute Gasteiger partial charge is 0.224 e. The fraction of sp³-hybridized carbons (Fsp3) is 0.364. The van der Waals surface area contributed by atoms with Crippen LogP contribution in [0.15, 0.2) is 18.2 Å². The molecule has 0 radical (unpaired) electrons. The third-order valence-corrected chi connectivity index (χ3v) is 2.30. The third-order valence-electron chi connectivity index (χ3n) is 2.30. The zero-order valence-electron chi connectivity index (χ0n) is 8.97. The molecule has 0 spiro atoms. The Labute approximate surface area is 92.6 Å². The molecular formula is C11H14F2N2O. The molecule has 1 atom stereocenters. The molecule has 0 aliphatic heterocycles. The van der Waals surface area contributed by atoms with Crippen molar-refractivity contribution in [1.29, 1.82) is 0 Å². The van der Waals surface area contributed by atoms with E-state index in [1.54, 1.807) is 6.92 Å². The van der Waals surface area contributed by atoms with Gasteiger partial charge in [0.15, 0.2) is 0 Å². The summed E-state index contributed by atoms with van der Waals surface area (Å²) in [5.74, 6) is -2.01. The van der Waals surface area contributed by atoms with Gasteiger partial charge in [-0.25, -0.2) is 8.78 Å². The summed E-state index contributed by atoms with van der Waals surface area (Å²) in [6.07, 6.45) is 0. The molecule has 5 heteroatoms. The molecule has 0 aromatic heterocycles. The summed E-state index contributed by atoms with van der Waals surface area (Å²) in [7, 11) is 0. The molecule has 0 aliphatic rings. The first-order valence-electron chi connectivity index (χ1n) is 4.97. The van der Waals surface area contributed by atoms with Crippen LogP contribution in [0, 0.1) is 17.6 Å². The van der Waals surface area contributed by atoms with Crippen LogP contribution in [0.1, 0.15) is 12.5 Å². The van der Waals surface area contributed by atoms with E-state index in [1.165, 1.54) is 6.07 Å². The van der Waals surface area contributed by atoms with Gasteiger partial charge in [0.1, 0.15) is 11.6 Å². The number of hydrogen-bond donors (Lipinski definition) is 2. The SMILES string of the molecule is CC(CN)C(=O)NCc1c(F)cccc1F. The van der Waals surface area contributed by atoms with Crippen molar-refractivity contribution in [3.05, 3.63) is 35.4 Å². The van der Waals surface area contributed by atoms with Crippen molar-refractivity contribution in [2.45, 2.75) is 13.5 Å². The van der Waals surface area contributed by atoms with Gasteiger partial charge in [-0.15, -0.1) is 0 Å². The summed E-state index contributed by atoms with van der Waals surface area (Å²) >= 11 is 0. The Hall–Kier alpha value is -1.49. The van der Waals surface area contributed by atoms with Crippen molar-refractivity contribution < 1.29 is 13.6 Å². The molecule has 0 saturated heterocycles. The van der Waals surface area contributed by atoms with E-state index in [2.05, 4.69) is 5.32 Å². The predicted octanol–water partition coefficient (Wildman–Crippen LogP) is 1.18. The quantitative estimate of drug-likeness (QED) is 0.813. The lowest BCUT2D eigenvalue weighted by atomic mass is 10.1. The second-order valence-corrected chi connectivity index (χ2v) is 3.55. The van der Waals surface area contributed by atoms with E-state index in [-0.39, 0.29) is 30.5 Å². The number of amides is 1. The summed E-state index contributed by atoms with van der Waals surface area (Å²) < 4.78 is 26.3. The maximum absolute atomic E-state index is 13.2. The standard InChI is InChI=1S/C11H14F2N2O/c1-7(5-14)11(16)15-6-8-9(12)3-2-4-10(8)13/h2-4,7H,5-6,14H2,1H3,(H,15,16). The molecule has 0 aliphatic carbocycles. The Morgan fingerprint density at radius 3 is 2.50 bits per heavy atom. The molecule has 1 aromatic carbocycles. The summed E-state index contributed by atoms with van der Waals surface area (Å²) in [6, 6.07) is 3.58. The second-order valence-electron chi connectivity index (χ2n) is 3.55. The maximum Gasteiger partial charge on any atom is 0.224 e. The summed E-state index contributed by atoms with van der Waals surface area (Å²) in [5.41, 5.74) is 5.15. The molecule has 1 aromatic rings. The third kappa shape index (κ3) is 3.00. The van der Waals surface area contributed by atoms with E-state index in [9.17, 15) is 13.6 Å². The monoisotopic (exact) mass is 228 g/mol. The molecule has 1 amide bonds. The second kappa shape index (κ2) is 5.55. The lowest BCUT2D eigenvalue weighted by molar-refractivity contribution is -0.124. The fourth-order valence-electron chi connectivity index (χ4n) is 1.16. The van der Waals surface area contributed by atoms with Gasteiger partial charge in [0.05, 0.1) is 0 Å². The van der Waals surface area contributed by atoms with E-state index >= 15 is 0 Å². The Bertz CT molecular complexity index is 362. The number of carbonyl (C=O) groups excluding carboxylic acids is 1. The number of nitrogens with two attached hydrogens (primary N) is 1. The van der Waals surface area contributed by atoms with E-state index in [0.717, 1.165) is 12.1 Å². The minimum absolute atomic E-state index is 0.139. The van der Waals surface area contributed by atoms with E-state index in [1.807, 2.05) is 0 Å². The lowest BCUT2D eigenvalue weighted by Gasteiger charge is -2.10. The largest absolute Gasteiger partial charge is 0.352 e. The van der Waals surface area contributed by atoms with Crippen LogP contribution in [0.25, 0.3) is 0 Å². The average molecular weight is 228 g/mol. The Morgan fingerprint density at radius 1 is 1.44 bits per heavy atom. The van der Waals surface area contributed by atoms with Crippen LogP contribution >= 0.6 is 0 Å². The molecule has 1 unspecified atom stereocenters. The average Bonchev–Trinajstić information content (AvgIpc) is 2.27. The van der Waals surface area contributed by atoms with Crippen LogP contribution in [-0.4, -0.2) is 12.5 Å². The first-order valence-corrected chi connectivity index (χ1v) is 4.97. The summed E-state index contributed by atoms with van der Waals surface area (Å²) in [5, 5.41) is 2.43. The molecule has 0 saturated carbocycles. The summed E-state index contributed by atoms with van der Waals surface area (Å²) in [4.78, 5) is 11.3. The van der Waals surface area contributed by atoms with Crippen LogP contribution < -0.4 is 11.1 Å². The van der Waals surface area contributed by atoms with Crippen LogP contribution in [-0.2, 0) is 11.3 Å². The van der Waals surface area contributed by atoms with Gasteiger partial charge in [-0.3, -0.25) is 4.79 Å². The number of carbonyl (C=O) groups is 1. The Morgan fingerprint density at radius 2 is 2.00 bits per heavy atom. The van der Waals surface area contributed by atoms with E-state index < -0.39 is 11.6 Å². The van der Waals surface area contributed by atoms with Gasteiger partial charge in [-0.2, -0.15) is 0 Å². The minimum Gasteiger partial charge on any atom is -0.352 e. The summed E-state index contributed by atoms with van der Waals surface area (Å²) in [6.45, 7) is 1.68. The molecule has 3 N–H and O–H groups in total. The highest BCUT2D eigenvalue weighted by molar-refractivity contribution is 5.78. The molecule has 1 rings (SSSR count). The van der Waals surface area contributed by atoms with Crippen LogP contribution in [0.4, 0.5) is 8.78 Å². The Kier molecular flexibility index (Phi) is 4.37. The van der Waals surface area contributed by atoms with Gasteiger partial charge in [0, 0.05) is 24.6 Å². The predicted molar refractivity (Wildman–Crippen MR) is 56.4 cm³/mol. The van der Waals surface area contributed by atoms with Crippen molar-refractivity contribution in [2.75, 3.05) is 6.54 Å². The fourth-order valence-corrected chi connectivity index (χ4v) is 1.16. The highest BCUT2D eigenvalue weighted by atomic mass is 19.1. The molecular weight excluding hydrogens is 214 g/mol. The Balaban J connectivity index is 2.65. The van der Waals surface area contributed by atoms with Crippen LogP contribution in [0.2, 0.25) is 0 Å². The van der Waals surface area contributed by atoms with Crippen molar-refractivity contribution in [1.82, 2.24) is 5.32 Å². The van der Waals surface area contributed by atoms with Crippen molar-refractivity contribution >= 4 is 5.91 Å². The van der Waals surface area contributed by atoms with Crippen molar-refractivity contribution in [3.63, 3.8) is 0 Å². The van der Waals surface area contributed by atoms with Crippen LogP contribution in [0.3, 0.4) is 0 Å². The van der Waals surface area contributed by atoms with Gasteiger partial charge in [0.2, 0.25) is 5.91 Å². The van der Waals surface area contributed by atoms with Gasteiger partial charge in [-0.05, 0) is 12.1 Å². The molecule has 3 nitrogen and oxygen atoms in total. The van der Waals surface area contributed by atoms with Crippen molar-refractivity contribution in [2.24, 2.45) is 11.7 Å². The van der Waals surface area contributed by atoms with Gasteiger partial charge < -0.3 is 11.1 Å². The van der Waals surface area contributed by atoms with Gasteiger partial charge >= 0.3 is 0 Å². The zero-order valence-corrected chi connectivity index (χ0v) is 8.97. The minimum atomic E-state index is -0.666. The molecule has 0 bridgehead atoms. The highest BCUT2D eigenvalue weighted by Gasteiger charge is 2.13. The first kappa shape index (κ1) is 12.6. The first-order chi connectivity index (χ1) is 7.56. The topological polar surface area (TPSA) is 55.1 Å². The normalized spacial score (nSPS) is 12.2. The molecule has 16 heavy (non-hydrogen) atoms.